The molecule has 0 spiro atoms. The van der Waals surface area contributed by atoms with Crippen molar-refractivity contribution in [2.24, 2.45) is 0 Å². The Kier molecular flexibility index (Phi) is 5.24. The van der Waals surface area contributed by atoms with Gasteiger partial charge < -0.3 is 10.1 Å². The summed E-state index contributed by atoms with van der Waals surface area (Å²) >= 11 is 6.01. The number of anilines is 1. The number of hydrogen-bond donors (Lipinski definition) is 1. The number of carbonyl (C=O) groups excluding carboxylic acids is 1. The first kappa shape index (κ1) is 19.0. The molecule has 0 radical (unpaired) electrons. The molecule has 1 heterocycles. The fraction of sp³-hybridized carbons (Fsp3) is 0.238. The molecule has 27 heavy (non-hydrogen) atoms. The van der Waals surface area contributed by atoms with E-state index in [9.17, 15) is 9.59 Å². The Morgan fingerprint density at radius 2 is 1.85 bits per heavy atom. The highest BCUT2D eigenvalue weighted by atomic mass is 35.5. The van der Waals surface area contributed by atoms with Crippen LogP contribution < -0.4 is 15.6 Å². The van der Waals surface area contributed by atoms with E-state index in [2.05, 4.69) is 5.32 Å². The lowest BCUT2D eigenvalue weighted by Crippen LogP contribution is -2.28. The zero-order chi connectivity index (χ0) is 19.7. The summed E-state index contributed by atoms with van der Waals surface area (Å²) in [6, 6.07) is 10.6. The maximum Gasteiger partial charge on any atom is 0.251 e. The molecule has 1 aromatic heterocycles. The van der Waals surface area contributed by atoms with Crippen LogP contribution in [-0.4, -0.2) is 17.6 Å². The van der Waals surface area contributed by atoms with Crippen LogP contribution in [0.25, 0.3) is 10.9 Å². The molecule has 0 bridgehead atoms. The molecular weight excluding hydrogens is 364 g/mol. The van der Waals surface area contributed by atoms with Gasteiger partial charge in [-0.25, -0.2) is 0 Å². The number of rotatable bonds is 4. The second-order valence-corrected chi connectivity index (χ2v) is 7.06. The molecule has 0 atom stereocenters. The summed E-state index contributed by atoms with van der Waals surface area (Å²) in [7, 11) is 1.52. The van der Waals surface area contributed by atoms with Crippen molar-refractivity contribution in [3.05, 3.63) is 68.5 Å². The third-order valence-corrected chi connectivity index (χ3v) is 4.72. The molecule has 0 saturated carbocycles. The molecule has 3 aromatic rings. The Hall–Kier alpha value is -2.79. The van der Waals surface area contributed by atoms with Gasteiger partial charge in [0.2, 0.25) is 5.91 Å². The first-order chi connectivity index (χ1) is 12.8. The van der Waals surface area contributed by atoms with Crippen LogP contribution >= 0.6 is 11.6 Å². The Balaban J connectivity index is 2.01. The number of ether oxygens (including phenoxy) is 1. The van der Waals surface area contributed by atoms with Crippen molar-refractivity contribution in [2.45, 2.75) is 27.3 Å². The van der Waals surface area contributed by atoms with Gasteiger partial charge in [-0.2, -0.15) is 0 Å². The van der Waals surface area contributed by atoms with Gasteiger partial charge in [-0.1, -0.05) is 23.2 Å². The van der Waals surface area contributed by atoms with Gasteiger partial charge in [0, 0.05) is 16.5 Å². The Labute approximate surface area is 162 Å². The number of aryl methyl sites for hydroxylation is 3. The van der Waals surface area contributed by atoms with Gasteiger partial charge in [0.25, 0.3) is 5.56 Å². The van der Waals surface area contributed by atoms with Gasteiger partial charge in [0.15, 0.2) is 0 Å². The van der Waals surface area contributed by atoms with E-state index in [1.54, 1.807) is 24.3 Å². The van der Waals surface area contributed by atoms with Crippen LogP contribution in [0.15, 0.2) is 41.2 Å². The number of fused-ring (bicyclic) bond motifs is 1. The van der Waals surface area contributed by atoms with Crippen molar-refractivity contribution in [1.29, 1.82) is 0 Å². The molecule has 0 saturated heterocycles. The highest BCUT2D eigenvalue weighted by Gasteiger charge is 2.14. The topological polar surface area (TPSA) is 60.3 Å². The van der Waals surface area contributed by atoms with Crippen molar-refractivity contribution in [2.75, 3.05) is 12.4 Å². The molecular formula is C21H21ClN2O3. The molecule has 0 aliphatic rings. The van der Waals surface area contributed by atoms with Crippen molar-refractivity contribution in [3.8, 4) is 5.75 Å². The maximum absolute atomic E-state index is 12.7. The largest absolute Gasteiger partial charge is 0.495 e. The van der Waals surface area contributed by atoms with E-state index in [-0.39, 0.29) is 18.0 Å². The number of hydrogen-bond acceptors (Lipinski definition) is 3. The predicted molar refractivity (Wildman–Crippen MR) is 109 cm³/mol. The van der Waals surface area contributed by atoms with E-state index in [0.29, 0.717) is 16.5 Å². The lowest BCUT2D eigenvalue weighted by molar-refractivity contribution is -0.116. The molecule has 0 aliphatic carbocycles. The quantitative estimate of drug-likeness (QED) is 0.732. The monoisotopic (exact) mass is 384 g/mol. The molecule has 0 aliphatic heterocycles. The van der Waals surface area contributed by atoms with E-state index < -0.39 is 0 Å². The summed E-state index contributed by atoms with van der Waals surface area (Å²) in [6.45, 7) is 5.76. The number of methoxy groups -OCH3 is 1. The molecule has 5 nitrogen and oxygen atoms in total. The number of carbonyl (C=O) groups is 1. The van der Waals surface area contributed by atoms with Crippen LogP contribution in [0.1, 0.15) is 16.7 Å². The van der Waals surface area contributed by atoms with E-state index in [4.69, 9.17) is 16.3 Å². The first-order valence-corrected chi connectivity index (χ1v) is 8.92. The van der Waals surface area contributed by atoms with Gasteiger partial charge >= 0.3 is 0 Å². The standard InChI is InChI=1S/C21H21ClN2O3/c1-12-7-14(3)21-16(8-12)13(2)9-20(26)24(21)11-19(25)23-17-10-15(22)5-6-18(17)27-4/h5-10H,11H2,1-4H3,(H,23,25). The van der Waals surface area contributed by atoms with Gasteiger partial charge in [0.05, 0.1) is 18.3 Å². The summed E-state index contributed by atoms with van der Waals surface area (Å²) in [5.74, 6) is 0.170. The highest BCUT2D eigenvalue weighted by Crippen LogP contribution is 2.28. The molecule has 0 unspecified atom stereocenters. The van der Waals surface area contributed by atoms with Crippen molar-refractivity contribution in [1.82, 2.24) is 4.57 Å². The number of nitrogens with one attached hydrogen (secondary N) is 1. The molecule has 3 rings (SSSR count). The fourth-order valence-electron chi connectivity index (χ4n) is 3.34. The molecule has 1 amide bonds. The Morgan fingerprint density at radius 3 is 2.56 bits per heavy atom. The van der Waals surface area contributed by atoms with E-state index in [1.165, 1.54) is 11.7 Å². The number of aromatic nitrogens is 1. The Morgan fingerprint density at radius 1 is 1.11 bits per heavy atom. The fourth-order valence-corrected chi connectivity index (χ4v) is 3.51. The number of pyridine rings is 1. The van der Waals surface area contributed by atoms with Crippen LogP contribution in [0.5, 0.6) is 5.75 Å². The summed E-state index contributed by atoms with van der Waals surface area (Å²) in [4.78, 5) is 25.2. The summed E-state index contributed by atoms with van der Waals surface area (Å²) in [5.41, 5.74) is 4.00. The Bertz CT molecular complexity index is 1100. The van der Waals surface area contributed by atoms with Crippen LogP contribution in [0.2, 0.25) is 5.02 Å². The van der Waals surface area contributed by atoms with E-state index in [0.717, 1.165) is 27.6 Å². The average molecular weight is 385 g/mol. The summed E-state index contributed by atoms with van der Waals surface area (Å²) in [5, 5.41) is 4.23. The zero-order valence-corrected chi connectivity index (χ0v) is 16.5. The predicted octanol–water partition coefficient (Wildman–Crippen LogP) is 4.23. The highest BCUT2D eigenvalue weighted by molar-refractivity contribution is 6.31. The summed E-state index contributed by atoms with van der Waals surface area (Å²) < 4.78 is 6.75. The SMILES string of the molecule is COc1ccc(Cl)cc1NC(=O)Cn1c(=O)cc(C)c2cc(C)cc(C)c21. The van der Waals surface area contributed by atoms with Crippen LogP contribution in [0, 0.1) is 20.8 Å². The second kappa shape index (κ2) is 7.45. The van der Waals surface area contributed by atoms with Crippen LogP contribution in [0.4, 0.5) is 5.69 Å². The second-order valence-electron chi connectivity index (χ2n) is 6.62. The smallest absolute Gasteiger partial charge is 0.251 e. The van der Waals surface area contributed by atoms with E-state index >= 15 is 0 Å². The number of nitrogens with zero attached hydrogens (tertiary/aromatic N) is 1. The molecule has 1 N–H and O–H groups in total. The normalized spacial score (nSPS) is 10.9. The zero-order valence-electron chi connectivity index (χ0n) is 15.7. The number of amides is 1. The third kappa shape index (κ3) is 3.83. The van der Waals surface area contributed by atoms with Crippen LogP contribution in [-0.2, 0) is 11.3 Å². The lowest BCUT2D eigenvalue weighted by atomic mass is 10.0. The van der Waals surface area contributed by atoms with Gasteiger partial charge in [0.1, 0.15) is 12.3 Å². The van der Waals surface area contributed by atoms with Crippen molar-refractivity contribution >= 4 is 34.1 Å². The first-order valence-electron chi connectivity index (χ1n) is 8.55. The van der Waals surface area contributed by atoms with Gasteiger partial charge in [-0.05, 0) is 56.2 Å². The molecule has 6 heteroatoms. The number of benzene rings is 2. The molecule has 140 valence electrons. The minimum atomic E-state index is -0.331. The minimum Gasteiger partial charge on any atom is -0.495 e. The van der Waals surface area contributed by atoms with Crippen LogP contribution in [0.3, 0.4) is 0 Å². The molecule has 2 aromatic carbocycles. The van der Waals surface area contributed by atoms with Crippen molar-refractivity contribution < 1.29 is 9.53 Å². The molecule has 0 fully saturated rings. The lowest BCUT2D eigenvalue weighted by Gasteiger charge is -2.16. The number of halogens is 1. The van der Waals surface area contributed by atoms with Crippen molar-refractivity contribution in [3.63, 3.8) is 0 Å². The average Bonchev–Trinajstić information content (AvgIpc) is 2.58. The third-order valence-electron chi connectivity index (χ3n) is 4.48. The van der Waals surface area contributed by atoms with E-state index in [1.807, 2.05) is 32.9 Å². The van der Waals surface area contributed by atoms with Gasteiger partial charge in [-0.3, -0.25) is 14.2 Å². The maximum atomic E-state index is 12.7. The summed E-state index contributed by atoms with van der Waals surface area (Å²) in [6.07, 6.45) is 0. The van der Waals surface area contributed by atoms with Gasteiger partial charge in [-0.15, -0.1) is 0 Å². The minimum absolute atomic E-state index is 0.102.